The fourth-order valence-electron chi connectivity index (χ4n) is 5.41. The first-order valence-corrected chi connectivity index (χ1v) is 15.5. The van der Waals surface area contributed by atoms with E-state index in [4.69, 9.17) is 33.0 Å². The number of halogens is 2. The highest BCUT2D eigenvalue weighted by atomic mass is 35.5. The van der Waals surface area contributed by atoms with Crippen LogP contribution in [0, 0.1) is 0 Å². The Labute approximate surface area is 263 Å². The predicted octanol–water partition coefficient (Wildman–Crippen LogP) is 6.52. The van der Waals surface area contributed by atoms with Crippen molar-refractivity contribution in [1.29, 1.82) is 0 Å². The van der Waals surface area contributed by atoms with E-state index in [0.717, 1.165) is 20.8 Å². The number of carbonyl (C=O) groups excluding carboxylic acids is 2. The van der Waals surface area contributed by atoms with E-state index in [-0.39, 0.29) is 47.9 Å². The number of anilines is 1. The zero-order valence-electron chi connectivity index (χ0n) is 24.0. The summed E-state index contributed by atoms with van der Waals surface area (Å²) in [5.41, 5.74) is 2.33. The monoisotopic (exact) mass is 642 g/mol. The zero-order chi connectivity index (χ0) is 30.8. The van der Waals surface area contributed by atoms with Crippen molar-refractivity contribution >= 4 is 68.9 Å². The minimum atomic E-state index is -0.868. The number of carbonyl (C=O) groups is 3. The second-order valence-corrected chi connectivity index (χ2v) is 12.8. The number of carboxylic acid groups (broad SMARTS) is 1. The first kappa shape index (κ1) is 31.0. The summed E-state index contributed by atoms with van der Waals surface area (Å²) >= 11 is 14.6. The summed E-state index contributed by atoms with van der Waals surface area (Å²) < 4.78 is 7.94. The number of ether oxygens (including phenoxy) is 1. The third-order valence-corrected chi connectivity index (χ3v) is 9.18. The van der Waals surface area contributed by atoms with Crippen LogP contribution in [0.3, 0.4) is 0 Å². The predicted molar refractivity (Wildman–Crippen MR) is 168 cm³/mol. The normalized spacial score (nSPS) is 16.7. The van der Waals surface area contributed by atoms with Gasteiger partial charge < -0.3 is 24.6 Å². The van der Waals surface area contributed by atoms with Crippen LogP contribution in [0.15, 0.2) is 48.8 Å². The average molecular weight is 644 g/mol. The average Bonchev–Trinajstić information content (AvgIpc) is 3.67. The number of likely N-dealkylation sites (tertiary alicyclic amines) is 1. The van der Waals surface area contributed by atoms with Crippen molar-refractivity contribution in [3.63, 3.8) is 0 Å². The van der Waals surface area contributed by atoms with Gasteiger partial charge in [-0.05, 0) is 44.0 Å². The number of aromatic nitrogens is 2. The number of hydrogen-bond acceptors (Lipinski definition) is 6. The highest BCUT2D eigenvalue weighted by molar-refractivity contribution is 7.11. The molecular weight excluding hydrogens is 611 g/mol. The number of para-hydroxylation sites is 1. The number of amides is 2. The summed E-state index contributed by atoms with van der Waals surface area (Å²) in [6.45, 7) is 4.31. The lowest BCUT2D eigenvalue weighted by molar-refractivity contribution is -0.137. The van der Waals surface area contributed by atoms with Gasteiger partial charge in [0.25, 0.3) is 5.91 Å². The van der Waals surface area contributed by atoms with Crippen molar-refractivity contribution in [3.05, 3.63) is 79.8 Å². The maximum absolute atomic E-state index is 13.7. The zero-order valence-corrected chi connectivity index (χ0v) is 26.3. The van der Waals surface area contributed by atoms with Crippen LogP contribution in [0.5, 0.6) is 0 Å². The topological polar surface area (TPSA) is 114 Å². The molecule has 0 bridgehead atoms. The summed E-state index contributed by atoms with van der Waals surface area (Å²) in [5, 5.41) is 14.0. The number of thiazole rings is 1. The molecule has 43 heavy (non-hydrogen) atoms. The number of nitrogens with one attached hydrogen (secondary N) is 1. The fourth-order valence-corrected chi connectivity index (χ4v) is 6.92. The third-order valence-electron chi connectivity index (χ3n) is 7.36. The molecule has 1 fully saturated rings. The molecule has 0 unspecified atom stereocenters. The van der Waals surface area contributed by atoms with Crippen LogP contribution >= 0.6 is 34.5 Å². The number of nitrogens with zero attached hydrogens (tertiary/aromatic N) is 3. The van der Waals surface area contributed by atoms with Crippen LogP contribution in [0.25, 0.3) is 10.9 Å². The highest BCUT2D eigenvalue weighted by Gasteiger charge is 2.39. The van der Waals surface area contributed by atoms with Gasteiger partial charge in [-0.25, -0.2) is 4.98 Å². The summed E-state index contributed by atoms with van der Waals surface area (Å²) in [6, 6.07) is 10.5. The van der Waals surface area contributed by atoms with Gasteiger partial charge in [-0.15, -0.1) is 11.3 Å². The Kier molecular flexibility index (Phi) is 9.41. The molecule has 9 nitrogen and oxygen atoms in total. The first-order chi connectivity index (χ1) is 20.5. The van der Waals surface area contributed by atoms with E-state index in [1.54, 1.807) is 29.4 Å². The summed E-state index contributed by atoms with van der Waals surface area (Å²) in [5.74, 6) is -1.35. The first-order valence-electron chi connectivity index (χ1n) is 13.9. The van der Waals surface area contributed by atoms with Gasteiger partial charge in [0.05, 0.1) is 47.4 Å². The van der Waals surface area contributed by atoms with Gasteiger partial charge in [-0.2, -0.15) is 0 Å². The fraction of sp³-hybridized carbons (Fsp3) is 0.355. The second-order valence-electron chi connectivity index (χ2n) is 10.9. The molecular formula is C31H32Cl2N4O5S. The van der Waals surface area contributed by atoms with E-state index in [1.807, 2.05) is 49.7 Å². The van der Waals surface area contributed by atoms with Crippen molar-refractivity contribution in [2.24, 2.45) is 7.05 Å². The number of carboxylic acids is 1. The maximum atomic E-state index is 13.7. The molecule has 1 aliphatic rings. The molecule has 4 aromatic rings. The standard InChI is InChI=1S/C31H32Cl2N4O5S/c1-17(2)42-19-12-27(31-34-14-20(43-31)8-9-29(39)40)37(15-19)28(38)11-18-10-24(33)25(13-23(18)32)35-30(41)22-16-36(3)26-7-5-4-6-21(22)26/h4-7,10,13-14,16-17,19,27H,8-9,11-12,15H2,1-3H3,(H,35,41)(H,39,40)/t19-,27-/m0/s1. The Hall–Kier alpha value is -3.44. The molecule has 2 aromatic carbocycles. The number of rotatable bonds is 10. The molecule has 0 saturated carbocycles. The Morgan fingerprint density at radius 2 is 1.95 bits per heavy atom. The lowest BCUT2D eigenvalue weighted by Crippen LogP contribution is -2.33. The van der Waals surface area contributed by atoms with Gasteiger partial charge >= 0.3 is 5.97 Å². The van der Waals surface area contributed by atoms with E-state index in [0.29, 0.717) is 41.2 Å². The van der Waals surface area contributed by atoms with Gasteiger partial charge in [-0.3, -0.25) is 14.4 Å². The van der Waals surface area contributed by atoms with Crippen molar-refractivity contribution in [3.8, 4) is 0 Å². The van der Waals surface area contributed by atoms with Crippen LogP contribution in [-0.2, 0) is 34.2 Å². The van der Waals surface area contributed by atoms with Gasteiger partial charge in [-0.1, -0.05) is 41.4 Å². The van der Waals surface area contributed by atoms with Crippen LogP contribution in [-0.4, -0.2) is 56.1 Å². The molecule has 1 saturated heterocycles. The Bertz CT molecular complexity index is 1680. The Morgan fingerprint density at radius 3 is 2.70 bits per heavy atom. The number of fused-ring (bicyclic) bond motifs is 1. The molecule has 3 heterocycles. The summed E-state index contributed by atoms with van der Waals surface area (Å²) in [6.07, 6.45) is 4.27. The molecule has 12 heteroatoms. The lowest BCUT2D eigenvalue weighted by Gasteiger charge is -2.23. The van der Waals surface area contributed by atoms with Gasteiger partial charge in [0.1, 0.15) is 5.01 Å². The van der Waals surface area contributed by atoms with E-state index in [1.165, 1.54) is 11.3 Å². The number of aryl methyl sites for hydroxylation is 2. The van der Waals surface area contributed by atoms with E-state index < -0.39 is 5.97 Å². The van der Waals surface area contributed by atoms with Crippen LogP contribution < -0.4 is 5.32 Å². The molecule has 226 valence electrons. The number of hydrogen-bond donors (Lipinski definition) is 2. The van der Waals surface area contributed by atoms with E-state index >= 15 is 0 Å². The minimum absolute atomic E-state index is 0.00174. The molecule has 0 aliphatic carbocycles. The van der Waals surface area contributed by atoms with Crippen molar-refractivity contribution in [1.82, 2.24) is 14.5 Å². The molecule has 1 aliphatic heterocycles. The third kappa shape index (κ3) is 7.04. The molecule has 2 atom stereocenters. The maximum Gasteiger partial charge on any atom is 0.303 e. The van der Waals surface area contributed by atoms with Crippen molar-refractivity contribution in [2.75, 3.05) is 11.9 Å². The Balaban J connectivity index is 1.32. The highest BCUT2D eigenvalue weighted by Crippen LogP contribution is 2.38. The second kappa shape index (κ2) is 13.1. The van der Waals surface area contributed by atoms with Gasteiger partial charge in [0, 0.05) is 53.2 Å². The van der Waals surface area contributed by atoms with Crippen LogP contribution in [0.1, 0.15) is 58.5 Å². The quantitative estimate of drug-likeness (QED) is 0.204. The van der Waals surface area contributed by atoms with Crippen molar-refractivity contribution < 1.29 is 24.2 Å². The molecule has 2 amide bonds. The number of benzene rings is 2. The summed E-state index contributed by atoms with van der Waals surface area (Å²) in [4.78, 5) is 45.0. The van der Waals surface area contributed by atoms with Crippen LogP contribution in [0.2, 0.25) is 10.0 Å². The van der Waals surface area contributed by atoms with Crippen LogP contribution in [0.4, 0.5) is 5.69 Å². The van der Waals surface area contributed by atoms with E-state index in [2.05, 4.69) is 10.3 Å². The molecule has 2 aromatic heterocycles. The summed E-state index contributed by atoms with van der Waals surface area (Å²) in [7, 11) is 1.88. The van der Waals surface area contributed by atoms with Crippen molar-refractivity contribution in [2.45, 2.75) is 57.8 Å². The van der Waals surface area contributed by atoms with Gasteiger partial charge in [0.2, 0.25) is 5.91 Å². The SMILES string of the molecule is CC(C)O[C@H]1C[C@@H](c2ncc(CCC(=O)O)s2)N(C(=O)Cc2cc(Cl)c(NC(=O)c3cn(C)c4ccccc34)cc2Cl)C1. The molecule has 0 spiro atoms. The number of aliphatic carboxylic acids is 1. The molecule has 0 radical (unpaired) electrons. The molecule has 5 rings (SSSR count). The smallest absolute Gasteiger partial charge is 0.303 e. The van der Waals surface area contributed by atoms with E-state index in [9.17, 15) is 14.4 Å². The Morgan fingerprint density at radius 1 is 1.19 bits per heavy atom. The largest absolute Gasteiger partial charge is 0.481 e. The lowest BCUT2D eigenvalue weighted by atomic mass is 10.1. The molecule has 2 N–H and O–H groups in total. The minimum Gasteiger partial charge on any atom is -0.481 e. The van der Waals surface area contributed by atoms with Gasteiger partial charge in [0.15, 0.2) is 0 Å².